The normalized spacial score (nSPS) is 11.5. The summed E-state index contributed by atoms with van der Waals surface area (Å²) in [5.41, 5.74) is 1.40. The molecule has 0 aliphatic heterocycles. The number of benzene rings is 1. The molecule has 0 heterocycles. The minimum Gasteiger partial charge on any atom is -0.378 e. The van der Waals surface area contributed by atoms with Crippen LogP contribution in [-0.2, 0) is 4.57 Å². The summed E-state index contributed by atoms with van der Waals surface area (Å²) in [6.07, 6.45) is 0. The Bertz CT molecular complexity index is 384. The first-order valence-corrected chi connectivity index (χ1v) is 5.77. The Hall–Kier alpha value is -0.830. The molecule has 0 aliphatic carbocycles. The fraction of sp³-hybridized carbons (Fsp3) is 0.333. The Kier molecular flexibility index (Phi) is 3.00. The van der Waals surface area contributed by atoms with Crippen molar-refractivity contribution in [2.45, 2.75) is 6.92 Å². The number of rotatable bonds is 2. The van der Waals surface area contributed by atoms with E-state index in [0.717, 1.165) is 5.69 Å². The number of hydrogen-bond acceptors (Lipinski definition) is 2. The second-order valence-corrected chi connectivity index (χ2v) is 4.98. The third-order valence-corrected chi connectivity index (χ3v) is 3.13. The SMILES string of the molecule is Cc1ccc(N(C)C)cc1P(=O)(O)O. The second-order valence-electron chi connectivity index (χ2n) is 3.41. The van der Waals surface area contributed by atoms with Crippen molar-refractivity contribution in [3.05, 3.63) is 23.8 Å². The minimum absolute atomic E-state index is 0.101. The molecule has 0 amide bonds. The molecular formula is C9H14NO3P. The molecule has 0 saturated carbocycles. The van der Waals surface area contributed by atoms with Gasteiger partial charge in [0.25, 0.3) is 0 Å². The molecule has 0 bridgehead atoms. The van der Waals surface area contributed by atoms with Gasteiger partial charge < -0.3 is 14.7 Å². The zero-order chi connectivity index (χ0) is 10.9. The van der Waals surface area contributed by atoms with E-state index in [1.807, 2.05) is 20.2 Å². The highest BCUT2D eigenvalue weighted by molar-refractivity contribution is 7.60. The zero-order valence-corrected chi connectivity index (χ0v) is 9.32. The van der Waals surface area contributed by atoms with E-state index in [4.69, 9.17) is 9.79 Å². The average Bonchev–Trinajstić information content (AvgIpc) is 2.02. The molecule has 0 spiro atoms. The highest BCUT2D eigenvalue weighted by atomic mass is 31.2. The van der Waals surface area contributed by atoms with Crippen molar-refractivity contribution in [1.82, 2.24) is 0 Å². The summed E-state index contributed by atoms with van der Waals surface area (Å²) in [5, 5.41) is 0.101. The summed E-state index contributed by atoms with van der Waals surface area (Å²) >= 11 is 0. The highest BCUT2D eigenvalue weighted by Gasteiger charge is 2.20. The van der Waals surface area contributed by atoms with E-state index < -0.39 is 7.60 Å². The van der Waals surface area contributed by atoms with Gasteiger partial charge in [-0.2, -0.15) is 0 Å². The Balaban J connectivity index is 3.29. The van der Waals surface area contributed by atoms with Gasteiger partial charge in [-0.25, -0.2) is 0 Å². The van der Waals surface area contributed by atoms with Gasteiger partial charge in [-0.15, -0.1) is 0 Å². The number of nitrogens with zero attached hydrogens (tertiary/aromatic N) is 1. The molecular weight excluding hydrogens is 201 g/mol. The Morgan fingerprint density at radius 2 is 1.86 bits per heavy atom. The summed E-state index contributed by atoms with van der Waals surface area (Å²) in [7, 11) is -0.494. The Labute approximate surface area is 83.3 Å². The molecule has 1 aromatic carbocycles. The van der Waals surface area contributed by atoms with Crippen LogP contribution in [0.2, 0.25) is 0 Å². The van der Waals surface area contributed by atoms with Gasteiger partial charge in [-0.05, 0) is 24.6 Å². The summed E-state index contributed by atoms with van der Waals surface area (Å²) in [6.45, 7) is 1.69. The van der Waals surface area contributed by atoms with Crippen molar-refractivity contribution in [3.63, 3.8) is 0 Å². The molecule has 0 aromatic heterocycles. The van der Waals surface area contributed by atoms with E-state index in [1.54, 1.807) is 17.9 Å². The van der Waals surface area contributed by atoms with Gasteiger partial charge in [0.1, 0.15) is 0 Å². The maximum atomic E-state index is 11.1. The fourth-order valence-corrected chi connectivity index (χ4v) is 2.02. The lowest BCUT2D eigenvalue weighted by Crippen LogP contribution is -2.14. The van der Waals surface area contributed by atoms with Gasteiger partial charge in [-0.3, -0.25) is 4.57 Å². The van der Waals surface area contributed by atoms with E-state index in [1.165, 1.54) is 6.07 Å². The van der Waals surface area contributed by atoms with Gasteiger partial charge >= 0.3 is 7.60 Å². The Morgan fingerprint density at radius 1 is 1.29 bits per heavy atom. The number of aryl methyl sites for hydroxylation is 1. The van der Waals surface area contributed by atoms with Crippen molar-refractivity contribution in [2.75, 3.05) is 19.0 Å². The fourth-order valence-electron chi connectivity index (χ4n) is 1.19. The van der Waals surface area contributed by atoms with Crippen LogP contribution < -0.4 is 10.2 Å². The van der Waals surface area contributed by atoms with E-state index >= 15 is 0 Å². The zero-order valence-electron chi connectivity index (χ0n) is 8.43. The summed E-state index contributed by atoms with van der Waals surface area (Å²) in [6, 6.07) is 5.06. The van der Waals surface area contributed by atoms with Crippen LogP contribution in [0.3, 0.4) is 0 Å². The minimum atomic E-state index is -4.15. The molecule has 1 rings (SSSR count). The highest BCUT2D eigenvalue weighted by Crippen LogP contribution is 2.35. The molecule has 14 heavy (non-hydrogen) atoms. The molecule has 2 N–H and O–H groups in total. The third-order valence-electron chi connectivity index (χ3n) is 2.02. The van der Waals surface area contributed by atoms with Crippen LogP contribution in [0.1, 0.15) is 5.56 Å². The summed E-state index contributed by atoms with van der Waals surface area (Å²) in [4.78, 5) is 19.9. The molecule has 0 saturated heterocycles. The molecule has 0 unspecified atom stereocenters. The third kappa shape index (κ3) is 2.35. The monoisotopic (exact) mass is 215 g/mol. The van der Waals surface area contributed by atoms with Crippen LogP contribution >= 0.6 is 7.60 Å². The van der Waals surface area contributed by atoms with Crippen molar-refractivity contribution >= 4 is 18.6 Å². The molecule has 0 radical (unpaired) electrons. The molecule has 5 heteroatoms. The Morgan fingerprint density at radius 3 is 2.29 bits per heavy atom. The predicted molar refractivity (Wildman–Crippen MR) is 57.2 cm³/mol. The standard InChI is InChI=1S/C9H14NO3P/c1-7-4-5-8(10(2)3)6-9(7)14(11,12)13/h4-6H,1-3H3,(H2,11,12,13). The lowest BCUT2D eigenvalue weighted by Gasteiger charge is -2.15. The van der Waals surface area contributed by atoms with Crippen LogP contribution in [0.15, 0.2) is 18.2 Å². The number of anilines is 1. The lowest BCUT2D eigenvalue weighted by atomic mass is 10.2. The van der Waals surface area contributed by atoms with Crippen LogP contribution in [0, 0.1) is 6.92 Å². The van der Waals surface area contributed by atoms with Gasteiger partial charge in [0.2, 0.25) is 0 Å². The first-order chi connectivity index (χ1) is 6.32. The van der Waals surface area contributed by atoms with E-state index in [-0.39, 0.29) is 5.30 Å². The van der Waals surface area contributed by atoms with Crippen molar-refractivity contribution in [3.8, 4) is 0 Å². The average molecular weight is 215 g/mol. The maximum Gasteiger partial charge on any atom is 0.356 e. The largest absolute Gasteiger partial charge is 0.378 e. The number of hydrogen-bond donors (Lipinski definition) is 2. The van der Waals surface area contributed by atoms with Crippen molar-refractivity contribution in [2.24, 2.45) is 0 Å². The predicted octanol–water partition coefficient (Wildman–Crippen LogP) is 0.864. The topological polar surface area (TPSA) is 60.8 Å². The van der Waals surface area contributed by atoms with Gasteiger partial charge in [0.15, 0.2) is 0 Å². The first-order valence-electron chi connectivity index (χ1n) is 4.16. The molecule has 4 nitrogen and oxygen atoms in total. The quantitative estimate of drug-likeness (QED) is 0.718. The van der Waals surface area contributed by atoms with E-state index in [2.05, 4.69) is 0 Å². The van der Waals surface area contributed by atoms with Crippen LogP contribution in [0.25, 0.3) is 0 Å². The smallest absolute Gasteiger partial charge is 0.356 e. The second kappa shape index (κ2) is 3.73. The van der Waals surface area contributed by atoms with Crippen molar-refractivity contribution in [1.29, 1.82) is 0 Å². The van der Waals surface area contributed by atoms with Gasteiger partial charge in [0, 0.05) is 19.8 Å². The molecule has 0 aliphatic rings. The van der Waals surface area contributed by atoms with E-state index in [9.17, 15) is 4.57 Å². The van der Waals surface area contributed by atoms with Gasteiger partial charge in [0.05, 0.1) is 5.30 Å². The molecule has 0 atom stereocenters. The summed E-state index contributed by atoms with van der Waals surface area (Å²) < 4.78 is 11.1. The molecule has 1 aromatic rings. The first kappa shape index (κ1) is 11.2. The van der Waals surface area contributed by atoms with Gasteiger partial charge in [-0.1, -0.05) is 6.07 Å². The summed E-state index contributed by atoms with van der Waals surface area (Å²) in [5.74, 6) is 0. The molecule has 0 fully saturated rings. The van der Waals surface area contributed by atoms with Crippen LogP contribution in [-0.4, -0.2) is 23.9 Å². The maximum absolute atomic E-state index is 11.1. The van der Waals surface area contributed by atoms with Crippen LogP contribution in [0.4, 0.5) is 5.69 Å². The van der Waals surface area contributed by atoms with Crippen LogP contribution in [0.5, 0.6) is 0 Å². The molecule has 78 valence electrons. The van der Waals surface area contributed by atoms with Crippen molar-refractivity contribution < 1.29 is 14.4 Å². The lowest BCUT2D eigenvalue weighted by molar-refractivity contribution is 0.387. The van der Waals surface area contributed by atoms with E-state index in [0.29, 0.717) is 5.56 Å².